The molecule has 0 heteroatoms. The van der Waals surface area contributed by atoms with Gasteiger partial charge in [-0.1, -0.05) is 48.6 Å². The Bertz CT molecular complexity index is 311. The molecule has 0 heterocycles. The smallest absolute Gasteiger partial charge is 0.0114 e. The molecule has 60 valence electrons. The van der Waals surface area contributed by atoms with Crippen LogP contribution < -0.4 is 0 Å². The van der Waals surface area contributed by atoms with Gasteiger partial charge < -0.3 is 0 Å². The molecule has 0 N–H and O–H groups in total. The number of rotatable bonds is 0. The van der Waals surface area contributed by atoms with Crippen LogP contribution in [0.2, 0.25) is 0 Å². The second kappa shape index (κ2) is 1.66. The largest absolute Gasteiger partial charge is 0.0986 e. The quantitative estimate of drug-likeness (QED) is 0.473. The molecule has 4 aliphatic carbocycles. The molecule has 4 rings (SSSR count). The van der Waals surface area contributed by atoms with Crippen molar-refractivity contribution in [1.29, 1.82) is 0 Å². The Morgan fingerprint density at radius 1 is 0.750 bits per heavy atom. The first-order valence-corrected chi connectivity index (χ1v) is 4.46. The standard InChI is InChI=1S/C12H12/c1-6-9-4-5-10-7(2)12(9)8(3)11(6)10/h4-5,9-12H,1-3H2. The van der Waals surface area contributed by atoms with Crippen molar-refractivity contribution in [3.63, 3.8) is 0 Å². The molecule has 4 bridgehead atoms. The summed E-state index contributed by atoms with van der Waals surface area (Å²) in [4.78, 5) is 0. The van der Waals surface area contributed by atoms with Gasteiger partial charge in [0.15, 0.2) is 0 Å². The molecule has 12 heavy (non-hydrogen) atoms. The Kier molecular flexibility index (Phi) is 0.894. The van der Waals surface area contributed by atoms with Crippen molar-refractivity contribution in [3.05, 3.63) is 48.6 Å². The van der Waals surface area contributed by atoms with E-state index >= 15 is 0 Å². The van der Waals surface area contributed by atoms with Crippen LogP contribution in [0.15, 0.2) is 48.6 Å². The lowest BCUT2D eigenvalue weighted by molar-refractivity contribution is 0.499. The number of allylic oxidation sites excluding steroid dienone is 5. The van der Waals surface area contributed by atoms with Gasteiger partial charge in [0.2, 0.25) is 0 Å². The SMILES string of the molecule is C=C1C2C=CC3C(=C)C2C(=C)C13. The van der Waals surface area contributed by atoms with Crippen LogP contribution in [0.5, 0.6) is 0 Å². The Morgan fingerprint density at radius 2 is 1.17 bits per heavy atom. The lowest BCUT2D eigenvalue weighted by Gasteiger charge is -2.33. The lowest BCUT2D eigenvalue weighted by Crippen LogP contribution is -2.24. The predicted molar refractivity (Wildman–Crippen MR) is 50.5 cm³/mol. The molecule has 0 amide bonds. The van der Waals surface area contributed by atoms with E-state index in [-0.39, 0.29) is 0 Å². The van der Waals surface area contributed by atoms with Crippen molar-refractivity contribution < 1.29 is 0 Å². The van der Waals surface area contributed by atoms with Gasteiger partial charge in [-0.3, -0.25) is 0 Å². The summed E-state index contributed by atoms with van der Waals surface area (Å²) in [5, 5.41) is 0. The van der Waals surface area contributed by atoms with Crippen LogP contribution in [-0.4, -0.2) is 0 Å². The third-order valence-electron chi connectivity index (χ3n) is 3.70. The van der Waals surface area contributed by atoms with Crippen molar-refractivity contribution >= 4 is 0 Å². The van der Waals surface area contributed by atoms with E-state index in [9.17, 15) is 0 Å². The summed E-state index contributed by atoms with van der Waals surface area (Å²) >= 11 is 0. The molecule has 0 aromatic rings. The normalized spacial score (nSPS) is 48.2. The molecule has 2 saturated carbocycles. The van der Waals surface area contributed by atoms with Crippen molar-refractivity contribution in [2.45, 2.75) is 0 Å². The fraction of sp³-hybridized carbons (Fsp3) is 0.333. The van der Waals surface area contributed by atoms with Crippen molar-refractivity contribution in [1.82, 2.24) is 0 Å². The third-order valence-corrected chi connectivity index (χ3v) is 3.70. The molecule has 2 fully saturated rings. The van der Waals surface area contributed by atoms with E-state index in [1.165, 1.54) is 16.7 Å². The van der Waals surface area contributed by atoms with E-state index in [1.54, 1.807) is 0 Å². The van der Waals surface area contributed by atoms with Gasteiger partial charge in [0.05, 0.1) is 0 Å². The summed E-state index contributed by atoms with van der Waals surface area (Å²) in [5.74, 6) is 2.16. The molecule has 0 nitrogen and oxygen atoms in total. The molecule has 4 atom stereocenters. The van der Waals surface area contributed by atoms with Crippen LogP contribution in [0.3, 0.4) is 0 Å². The first-order valence-electron chi connectivity index (χ1n) is 4.46. The Labute approximate surface area is 73.0 Å². The molecule has 0 spiro atoms. The average molecular weight is 156 g/mol. The molecule has 0 aromatic heterocycles. The lowest BCUT2D eigenvalue weighted by atomic mass is 9.71. The highest BCUT2D eigenvalue weighted by Crippen LogP contribution is 2.63. The summed E-state index contributed by atoms with van der Waals surface area (Å²) in [6.07, 6.45) is 4.59. The van der Waals surface area contributed by atoms with E-state index in [4.69, 9.17) is 0 Å². The minimum atomic E-state index is 0.539. The molecule has 0 aromatic carbocycles. The molecule has 4 aliphatic rings. The average Bonchev–Trinajstić information content (AvgIpc) is 2.38. The zero-order valence-electron chi connectivity index (χ0n) is 7.09. The van der Waals surface area contributed by atoms with Gasteiger partial charge in [0, 0.05) is 23.7 Å². The maximum absolute atomic E-state index is 4.16. The summed E-state index contributed by atoms with van der Waals surface area (Å²) in [5.41, 5.74) is 4.12. The van der Waals surface area contributed by atoms with Crippen LogP contribution in [0.1, 0.15) is 0 Å². The topological polar surface area (TPSA) is 0 Å². The maximum atomic E-state index is 4.16. The zero-order chi connectivity index (χ0) is 8.46. The van der Waals surface area contributed by atoms with Crippen LogP contribution in [-0.2, 0) is 0 Å². The van der Waals surface area contributed by atoms with E-state index < -0.39 is 0 Å². The van der Waals surface area contributed by atoms with Crippen LogP contribution >= 0.6 is 0 Å². The van der Waals surface area contributed by atoms with Gasteiger partial charge in [-0.25, -0.2) is 0 Å². The molecule has 4 unspecified atom stereocenters. The van der Waals surface area contributed by atoms with Gasteiger partial charge in [0.25, 0.3) is 0 Å². The summed E-state index contributed by atoms with van der Waals surface area (Å²) in [7, 11) is 0. The second-order valence-electron chi connectivity index (χ2n) is 4.12. The highest BCUT2D eigenvalue weighted by molar-refractivity contribution is 5.53. The van der Waals surface area contributed by atoms with E-state index in [2.05, 4.69) is 31.9 Å². The van der Waals surface area contributed by atoms with Crippen LogP contribution in [0, 0.1) is 23.7 Å². The summed E-state index contributed by atoms with van der Waals surface area (Å²) in [6.45, 7) is 12.5. The van der Waals surface area contributed by atoms with Crippen molar-refractivity contribution in [2.24, 2.45) is 23.7 Å². The van der Waals surface area contributed by atoms with Gasteiger partial charge in [-0.2, -0.15) is 0 Å². The monoisotopic (exact) mass is 156 g/mol. The Morgan fingerprint density at radius 3 is 1.50 bits per heavy atom. The predicted octanol–water partition coefficient (Wildman–Crippen LogP) is 2.72. The Balaban J connectivity index is 2.29. The summed E-state index contributed by atoms with van der Waals surface area (Å²) in [6, 6.07) is 0. The molecule has 0 radical (unpaired) electrons. The number of hydrogen-bond acceptors (Lipinski definition) is 0. The fourth-order valence-electron chi connectivity index (χ4n) is 3.14. The van der Waals surface area contributed by atoms with Crippen molar-refractivity contribution in [3.8, 4) is 0 Å². The number of hydrogen-bond donors (Lipinski definition) is 0. The molecular formula is C12H12. The van der Waals surface area contributed by atoms with Crippen LogP contribution in [0.4, 0.5) is 0 Å². The van der Waals surface area contributed by atoms with Gasteiger partial charge in [-0.15, -0.1) is 0 Å². The van der Waals surface area contributed by atoms with E-state index in [1.807, 2.05) is 0 Å². The maximum Gasteiger partial charge on any atom is 0.0114 e. The van der Waals surface area contributed by atoms with Crippen LogP contribution in [0.25, 0.3) is 0 Å². The third kappa shape index (κ3) is 0.439. The van der Waals surface area contributed by atoms with Gasteiger partial charge >= 0.3 is 0 Å². The second-order valence-corrected chi connectivity index (χ2v) is 4.12. The minimum Gasteiger partial charge on any atom is -0.0986 e. The Hall–Kier alpha value is -1.04. The highest BCUT2D eigenvalue weighted by atomic mass is 14.6. The van der Waals surface area contributed by atoms with E-state index in [0.29, 0.717) is 23.7 Å². The summed E-state index contributed by atoms with van der Waals surface area (Å²) < 4.78 is 0. The first-order chi connectivity index (χ1) is 5.72. The zero-order valence-corrected chi connectivity index (χ0v) is 7.09. The highest BCUT2D eigenvalue weighted by Gasteiger charge is 2.54. The molecular weight excluding hydrogens is 144 g/mol. The fourth-order valence-corrected chi connectivity index (χ4v) is 3.14. The van der Waals surface area contributed by atoms with E-state index in [0.717, 1.165) is 0 Å². The van der Waals surface area contributed by atoms with Crippen molar-refractivity contribution in [2.75, 3.05) is 0 Å². The minimum absolute atomic E-state index is 0.539. The van der Waals surface area contributed by atoms with Gasteiger partial charge in [-0.05, 0) is 0 Å². The van der Waals surface area contributed by atoms with Gasteiger partial charge in [0.1, 0.15) is 0 Å². The first kappa shape index (κ1) is 6.47. The molecule has 0 aliphatic heterocycles. The molecule has 0 saturated heterocycles.